The zero-order chi connectivity index (χ0) is 17.1. The number of aliphatic hydroxyl groups excluding tert-OH is 1. The Hall–Kier alpha value is -0.810. The van der Waals surface area contributed by atoms with Crippen molar-refractivity contribution in [3.63, 3.8) is 0 Å². The molecule has 2 saturated heterocycles. The molecule has 2 N–H and O–H groups in total. The number of hydrogen-bond acceptors (Lipinski definition) is 3. The fourth-order valence-corrected chi connectivity index (χ4v) is 3.77. The van der Waals surface area contributed by atoms with Crippen molar-refractivity contribution < 1.29 is 9.90 Å². The van der Waals surface area contributed by atoms with Crippen LogP contribution in [0.5, 0.6) is 0 Å². The average molecular weight is 325 g/mol. The van der Waals surface area contributed by atoms with Gasteiger partial charge in [0, 0.05) is 44.4 Å². The van der Waals surface area contributed by atoms with Crippen LogP contribution in [0.4, 0.5) is 4.79 Å². The first-order chi connectivity index (χ1) is 10.8. The smallest absolute Gasteiger partial charge is 0.317 e. The maximum absolute atomic E-state index is 12.5. The number of amides is 2. The molecule has 0 bridgehead atoms. The molecule has 2 rings (SSSR count). The van der Waals surface area contributed by atoms with Crippen molar-refractivity contribution in [2.45, 2.75) is 71.4 Å². The lowest BCUT2D eigenvalue weighted by Crippen LogP contribution is -2.54. The molecular weight excluding hydrogens is 290 g/mol. The van der Waals surface area contributed by atoms with Crippen LogP contribution in [-0.2, 0) is 0 Å². The lowest BCUT2D eigenvalue weighted by molar-refractivity contribution is 0.0499. The Morgan fingerprint density at radius 1 is 1.17 bits per heavy atom. The van der Waals surface area contributed by atoms with Crippen molar-refractivity contribution in [2.24, 2.45) is 5.41 Å². The van der Waals surface area contributed by atoms with E-state index in [4.69, 9.17) is 0 Å². The third-order valence-electron chi connectivity index (χ3n) is 5.97. The van der Waals surface area contributed by atoms with Crippen LogP contribution in [0.3, 0.4) is 0 Å². The van der Waals surface area contributed by atoms with Crippen LogP contribution in [0, 0.1) is 5.41 Å². The Labute approximate surface area is 141 Å². The molecule has 0 aliphatic carbocycles. The molecule has 2 amide bonds. The highest BCUT2D eigenvalue weighted by Gasteiger charge is 2.35. The number of carbonyl (C=O) groups excluding carboxylic acids is 1. The van der Waals surface area contributed by atoms with Gasteiger partial charge in [0.1, 0.15) is 0 Å². The number of urea groups is 1. The summed E-state index contributed by atoms with van der Waals surface area (Å²) >= 11 is 0. The summed E-state index contributed by atoms with van der Waals surface area (Å²) in [4.78, 5) is 16.9. The van der Waals surface area contributed by atoms with Crippen LogP contribution in [0.1, 0.15) is 59.8 Å². The molecule has 0 aromatic carbocycles. The molecule has 0 spiro atoms. The Kier molecular flexibility index (Phi) is 5.95. The van der Waals surface area contributed by atoms with E-state index < -0.39 is 0 Å². The molecular formula is C18H35N3O2. The SMILES string of the molecule is CCC1(CO)CCN(C(=O)NC2CCN(C(C)(C)C)CC2)CC1. The molecule has 5 nitrogen and oxygen atoms in total. The Bertz CT molecular complexity index is 384. The standard InChI is InChI=1S/C18H35N3O2/c1-5-18(14-22)8-12-20(13-9-18)16(23)19-15-6-10-21(11-7-15)17(2,3)4/h15,22H,5-14H2,1-4H3,(H,19,23). The molecule has 2 heterocycles. The molecule has 134 valence electrons. The maximum Gasteiger partial charge on any atom is 0.317 e. The Morgan fingerprint density at radius 3 is 2.17 bits per heavy atom. The number of rotatable bonds is 3. The first-order valence-corrected chi connectivity index (χ1v) is 9.21. The van der Waals surface area contributed by atoms with Crippen LogP contribution in [0.15, 0.2) is 0 Å². The van der Waals surface area contributed by atoms with Crippen molar-refractivity contribution in [3.8, 4) is 0 Å². The van der Waals surface area contributed by atoms with Gasteiger partial charge in [-0.25, -0.2) is 4.79 Å². The van der Waals surface area contributed by atoms with E-state index >= 15 is 0 Å². The van der Waals surface area contributed by atoms with Crippen molar-refractivity contribution in [2.75, 3.05) is 32.8 Å². The largest absolute Gasteiger partial charge is 0.396 e. The van der Waals surface area contributed by atoms with Gasteiger partial charge >= 0.3 is 6.03 Å². The van der Waals surface area contributed by atoms with E-state index in [1.165, 1.54) is 0 Å². The molecule has 2 fully saturated rings. The van der Waals surface area contributed by atoms with E-state index in [1.807, 2.05) is 4.90 Å². The minimum atomic E-state index is 0.0365. The molecule has 0 aromatic heterocycles. The first-order valence-electron chi connectivity index (χ1n) is 9.21. The average Bonchev–Trinajstić information content (AvgIpc) is 2.54. The zero-order valence-corrected chi connectivity index (χ0v) is 15.4. The van der Waals surface area contributed by atoms with Gasteiger partial charge in [0.05, 0.1) is 0 Å². The summed E-state index contributed by atoms with van der Waals surface area (Å²) < 4.78 is 0. The lowest BCUT2D eigenvalue weighted by atomic mass is 9.77. The Balaban J connectivity index is 1.76. The molecule has 0 saturated carbocycles. The van der Waals surface area contributed by atoms with Gasteiger partial charge in [0.2, 0.25) is 0 Å². The van der Waals surface area contributed by atoms with Crippen LogP contribution in [-0.4, -0.2) is 65.3 Å². The summed E-state index contributed by atoms with van der Waals surface area (Å²) in [5.74, 6) is 0. The van der Waals surface area contributed by atoms with E-state index in [9.17, 15) is 9.90 Å². The van der Waals surface area contributed by atoms with Crippen molar-refractivity contribution in [1.82, 2.24) is 15.1 Å². The minimum absolute atomic E-state index is 0.0365. The second-order valence-electron chi connectivity index (χ2n) is 8.38. The maximum atomic E-state index is 12.5. The third-order valence-corrected chi connectivity index (χ3v) is 5.97. The predicted octanol–water partition coefficient (Wildman–Crippen LogP) is 2.44. The fourth-order valence-electron chi connectivity index (χ4n) is 3.77. The first kappa shape index (κ1) is 18.5. The van der Waals surface area contributed by atoms with Gasteiger partial charge in [-0.2, -0.15) is 0 Å². The molecule has 0 atom stereocenters. The number of carbonyl (C=O) groups is 1. The molecule has 0 unspecified atom stereocenters. The van der Waals surface area contributed by atoms with Gasteiger partial charge < -0.3 is 15.3 Å². The molecule has 2 aliphatic rings. The molecule has 0 radical (unpaired) electrons. The van der Waals surface area contributed by atoms with Gasteiger partial charge in [0.25, 0.3) is 0 Å². The summed E-state index contributed by atoms with van der Waals surface area (Å²) in [7, 11) is 0. The third kappa shape index (κ3) is 4.60. The van der Waals surface area contributed by atoms with Crippen LogP contribution in [0.25, 0.3) is 0 Å². The topological polar surface area (TPSA) is 55.8 Å². The summed E-state index contributed by atoms with van der Waals surface area (Å²) in [5.41, 5.74) is 0.254. The minimum Gasteiger partial charge on any atom is -0.396 e. The highest BCUT2D eigenvalue weighted by molar-refractivity contribution is 5.74. The molecule has 2 aliphatic heterocycles. The van der Waals surface area contributed by atoms with E-state index in [1.54, 1.807) is 0 Å². The van der Waals surface area contributed by atoms with Crippen LogP contribution >= 0.6 is 0 Å². The highest BCUT2D eigenvalue weighted by Crippen LogP contribution is 2.34. The van der Waals surface area contributed by atoms with Gasteiger partial charge in [-0.3, -0.25) is 4.90 Å². The molecule has 5 heteroatoms. The predicted molar refractivity (Wildman–Crippen MR) is 93.5 cm³/mol. The van der Waals surface area contributed by atoms with Gasteiger partial charge in [-0.1, -0.05) is 6.92 Å². The summed E-state index contributed by atoms with van der Waals surface area (Å²) in [5, 5.41) is 12.8. The summed E-state index contributed by atoms with van der Waals surface area (Å²) in [6, 6.07) is 0.388. The highest BCUT2D eigenvalue weighted by atomic mass is 16.3. The molecule has 0 aromatic rings. The number of nitrogens with one attached hydrogen (secondary N) is 1. The van der Waals surface area contributed by atoms with Gasteiger partial charge in [0.15, 0.2) is 0 Å². The normalized spacial score (nSPS) is 23.8. The fraction of sp³-hybridized carbons (Fsp3) is 0.944. The van der Waals surface area contributed by atoms with E-state index in [0.717, 1.165) is 58.3 Å². The van der Waals surface area contributed by atoms with Crippen molar-refractivity contribution in [1.29, 1.82) is 0 Å². The quantitative estimate of drug-likeness (QED) is 0.838. The van der Waals surface area contributed by atoms with Gasteiger partial charge in [-0.05, 0) is 58.3 Å². The summed E-state index contributed by atoms with van der Waals surface area (Å²) in [6.45, 7) is 12.8. The second kappa shape index (κ2) is 7.39. The zero-order valence-electron chi connectivity index (χ0n) is 15.4. The summed E-state index contributed by atoms with van der Waals surface area (Å²) in [6.07, 6.45) is 4.88. The Morgan fingerprint density at radius 2 is 1.74 bits per heavy atom. The number of aliphatic hydroxyl groups is 1. The monoisotopic (exact) mass is 325 g/mol. The second-order valence-corrected chi connectivity index (χ2v) is 8.38. The number of hydrogen-bond donors (Lipinski definition) is 2. The van der Waals surface area contributed by atoms with E-state index in [2.05, 4.69) is 37.9 Å². The number of piperidine rings is 2. The van der Waals surface area contributed by atoms with Crippen LogP contribution in [0.2, 0.25) is 0 Å². The molecule has 23 heavy (non-hydrogen) atoms. The van der Waals surface area contributed by atoms with Crippen molar-refractivity contribution >= 4 is 6.03 Å². The van der Waals surface area contributed by atoms with Crippen molar-refractivity contribution in [3.05, 3.63) is 0 Å². The van der Waals surface area contributed by atoms with Gasteiger partial charge in [-0.15, -0.1) is 0 Å². The van der Waals surface area contributed by atoms with E-state index in [-0.39, 0.29) is 23.6 Å². The van der Waals surface area contributed by atoms with Crippen LogP contribution < -0.4 is 5.32 Å². The lowest BCUT2D eigenvalue weighted by Gasteiger charge is -2.42. The van der Waals surface area contributed by atoms with E-state index in [0.29, 0.717) is 6.04 Å². The number of nitrogens with zero attached hydrogens (tertiary/aromatic N) is 2. The number of likely N-dealkylation sites (tertiary alicyclic amines) is 2.